The first-order chi connectivity index (χ1) is 8.84. The highest BCUT2D eigenvalue weighted by atomic mass is 35.5. The van der Waals surface area contributed by atoms with Crippen molar-refractivity contribution in [2.75, 3.05) is 13.1 Å². The summed E-state index contributed by atoms with van der Waals surface area (Å²) in [4.78, 5) is 5.88. The molecule has 1 aliphatic rings. The van der Waals surface area contributed by atoms with Crippen LogP contribution in [0.1, 0.15) is 31.2 Å². The third kappa shape index (κ3) is 2.40. The van der Waals surface area contributed by atoms with Crippen molar-refractivity contribution in [2.45, 2.75) is 32.2 Å². The summed E-state index contributed by atoms with van der Waals surface area (Å²) < 4.78 is 0. The number of nitrogens with zero attached hydrogens (tertiary/aromatic N) is 1. The lowest BCUT2D eigenvalue weighted by molar-refractivity contribution is 0.278. The lowest BCUT2D eigenvalue weighted by atomic mass is 10.1. The Kier molecular flexibility index (Phi) is 3.57. The van der Waals surface area contributed by atoms with Gasteiger partial charge in [-0.25, -0.2) is 0 Å². The number of nitrogens with one attached hydrogen (secondary N) is 1. The molecular weight excluding hydrogens is 244 g/mol. The number of fused-ring (bicyclic) bond motifs is 1. The van der Waals surface area contributed by atoms with Gasteiger partial charge in [-0.05, 0) is 43.6 Å². The molecule has 2 heterocycles. The van der Waals surface area contributed by atoms with E-state index in [0.717, 1.165) is 17.1 Å². The fraction of sp³-hybridized carbons (Fsp3) is 0.467. The number of rotatable bonds is 2. The molecule has 1 N–H and O–H groups in total. The van der Waals surface area contributed by atoms with Gasteiger partial charge in [0.25, 0.3) is 0 Å². The molecule has 96 valence electrons. The van der Waals surface area contributed by atoms with Crippen molar-refractivity contribution in [3.8, 4) is 0 Å². The van der Waals surface area contributed by atoms with Gasteiger partial charge in [0, 0.05) is 23.6 Å². The van der Waals surface area contributed by atoms with Gasteiger partial charge in [-0.2, -0.15) is 0 Å². The third-order valence-corrected chi connectivity index (χ3v) is 4.14. The van der Waals surface area contributed by atoms with E-state index in [1.807, 2.05) is 12.1 Å². The lowest BCUT2D eigenvalue weighted by Crippen LogP contribution is -2.23. The van der Waals surface area contributed by atoms with Crippen molar-refractivity contribution in [3.63, 3.8) is 0 Å². The summed E-state index contributed by atoms with van der Waals surface area (Å²) >= 11 is 6.31. The van der Waals surface area contributed by atoms with Crippen LogP contribution in [0.2, 0.25) is 5.02 Å². The molecule has 0 spiro atoms. The fourth-order valence-electron chi connectivity index (χ4n) is 2.87. The highest BCUT2D eigenvalue weighted by Gasteiger charge is 2.13. The van der Waals surface area contributed by atoms with Gasteiger partial charge in [0.05, 0.1) is 5.02 Å². The van der Waals surface area contributed by atoms with Crippen LogP contribution in [0.25, 0.3) is 10.9 Å². The second kappa shape index (κ2) is 5.33. The van der Waals surface area contributed by atoms with Crippen LogP contribution in [0, 0.1) is 0 Å². The van der Waals surface area contributed by atoms with Gasteiger partial charge in [0.15, 0.2) is 0 Å². The van der Waals surface area contributed by atoms with Gasteiger partial charge in [0.2, 0.25) is 0 Å². The van der Waals surface area contributed by atoms with E-state index < -0.39 is 0 Å². The number of H-pyrrole nitrogens is 1. The molecule has 2 aromatic rings. The van der Waals surface area contributed by atoms with Crippen molar-refractivity contribution in [1.29, 1.82) is 0 Å². The van der Waals surface area contributed by atoms with E-state index in [2.05, 4.69) is 22.1 Å². The van der Waals surface area contributed by atoms with Gasteiger partial charge in [-0.3, -0.25) is 4.90 Å². The Hall–Kier alpha value is -0.990. The Bertz CT molecular complexity index is 524. The molecule has 1 fully saturated rings. The Morgan fingerprint density at radius 1 is 1.11 bits per heavy atom. The maximum absolute atomic E-state index is 6.31. The Morgan fingerprint density at radius 3 is 2.67 bits per heavy atom. The number of hydrogen-bond donors (Lipinski definition) is 1. The van der Waals surface area contributed by atoms with Crippen molar-refractivity contribution < 1.29 is 0 Å². The first kappa shape index (κ1) is 12.1. The minimum atomic E-state index is 0.860. The molecule has 0 aliphatic carbocycles. The number of benzene rings is 1. The quantitative estimate of drug-likeness (QED) is 0.860. The second-order valence-corrected chi connectivity index (χ2v) is 5.57. The summed E-state index contributed by atoms with van der Waals surface area (Å²) in [5, 5.41) is 2.06. The molecule has 0 unspecified atom stereocenters. The summed E-state index contributed by atoms with van der Waals surface area (Å²) in [5.41, 5.74) is 2.48. The Balaban J connectivity index is 1.85. The van der Waals surface area contributed by atoms with Gasteiger partial charge in [0.1, 0.15) is 0 Å². The molecule has 0 amide bonds. The number of halogens is 1. The molecule has 2 nitrogen and oxygen atoms in total. The van der Waals surface area contributed by atoms with Crippen molar-refractivity contribution >= 4 is 22.5 Å². The van der Waals surface area contributed by atoms with Crippen LogP contribution in [-0.2, 0) is 6.54 Å². The van der Waals surface area contributed by atoms with Crippen LogP contribution in [0.3, 0.4) is 0 Å². The van der Waals surface area contributed by atoms with E-state index >= 15 is 0 Å². The molecular formula is C15H19ClN2. The van der Waals surface area contributed by atoms with Crippen LogP contribution < -0.4 is 0 Å². The number of likely N-dealkylation sites (tertiary alicyclic amines) is 1. The van der Waals surface area contributed by atoms with Crippen LogP contribution in [0.15, 0.2) is 24.4 Å². The summed E-state index contributed by atoms with van der Waals surface area (Å²) in [6.45, 7) is 3.46. The molecule has 0 radical (unpaired) electrons. The van der Waals surface area contributed by atoms with Crippen LogP contribution in [-0.4, -0.2) is 23.0 Å². The second-order valence-electron chi connectivity index (χ2n) is 5.17. The summed E-state index contributed by atoms with van der Waals surface area (Å²) in [7, 11) is 0. The van der Waals surface area contributed by atoms with E-state index in [-0.39, 0.29) is 0 Å². The van der Waals surface area contributed by atoms with E-state index in [9.17, 15) is 0 Å². The average molecular weight is 263 g/mol. The highest BCUT2D eigenvalue weighted by Crippen LogP contribution is 2.27. The summed E-state index contributed by atoms with van der Waals surface area (Å²) in [6, 6.07) is 6.06. The molecule has 0 atom stereocenters. The number of hydrogen-bond acceptors (Lipinski definition) is 1. The largest absolute Gasteiger partial charge is 0.361 e. The van der Waals surface area contributed by atoms with Crippen LogP contribution >= 0.6 is 11.6 Å². The monoisotopic (exact) mass is 262 g/mol. The molecule has 1 aromatic heterocycles. The number of aromatic nitrogens is 1. The maximum Gasteiger partial charge on any atom is 0.0503 e. The van der Waals surface area contributed by atoms with Gasteiger partial charge >= 0.3 is 0 Å². The van der Waals surface area contributed by atoms with E-state index in [1.165, 1.54) is 49.7 Å². The minimum absolute atomic E-state index is 0.860. The predicted molar refractivity (Wildman–Crippen MR) is 77.1 cm³/mol. The lowest BCUT2D eigenvalue weighted by Gasteiger charge is -2.19. The smallest absolute Gasteiger partial charge is 0.0503 e. The molecule has 1 aliphatic heterocycles. The van der Waals surface area contributed by atoms with E-state index in [1.54, 1.807) is 0 Å². The zero-order chi connectivity index (χ0) is 12.4. The molecule has 3 heteroatoms. The molecule has 18 heavy (non-hydrogen) atoms. The third-order valence-electron chi connectivity index (χ3n) is 3.83. The maximum atomic E-state index is 6.31. The van der Waals surface area contributed by atoms with Gasteiger partial charge in [-0.1, -0.05) is 30.5 Å². The van der Waals surface area contributed by atoms with Crippen molar-refractivity contribution in [2.24, 2.45) is 0 Å². The molecule has 1 aromatic carbocycles. The van der Waals surface area contributed by atoms with E-state index in [4.69, 9.17) is 11.6 Å². The Morgan fingerprint density at radius 2 is 1.89 bits per heavy atom. The topological polar surface area (TPSA) is 19.0 Å². The fourth-order valence-corrected chi connectivity index (χ4v) is 3.16. The number of aromatic amines is 1. The molecule has 0 saturated carbocycles. The van der Waals surface area contributed by atoms with Crippen molar-refractivity contribution in [3.05, 3.63) is 35.0 Å². The zero-order valence-electron chi connectivity index (χ0n) is 10.6. The van der Waals surface area contributed by atoms with Gasteiger partial charge < -0.3 is 4.98 Å². The first-order valence-electron chi connectivity index (χ1n) is 6.81. The SMILES string of the molecule is Clc1cccc2[nH]cc(CN3CCCCCC3)c12. The predicted octanol–water partition coefficient (Wildman–Crippen LogP) is 4.20. The van der Waals surface area contributed by atoms with Crippen LogP contribution in [0.5, 0.6) is 0 Å². The Labute approximate surface area is 113 Å². The minimum Gasteiger partial charge on any atom is -0.361 e. The van der Waals surface area contributed by atoms with Crippen molar-refractivity contribution in [1.82, 2.24) is 9.88 Å². The average Bonchev–Trinajstić information content (AvgIpc) is 2.60. The first-order valence-corrected chi connectivity index (χ1v) is 7.19. The highest BCUT2D eigenvalue weighted by molar-refractivity contribution is 6.35. The summed E-state index contributed by atoms with van der Waals surface area (Å²) in [5.74, 6) is 0. The molecule has 3 rings (SSSR count). The van der Waals surface area contributed by atoms with Gasteiger partial charge in [-0.15, -0.1) is 0 Å². The molecule has 0 bridgehead atoms. The normalized spacial score (nSPS) is 18.1. The molecule has 1 saturated heterocycles. The standard InChI is InChI=1S/C15H19ClN2/c16-13-6-5-7-14-15(13)12(10-17-14)11-18-8-3-1-2-4-9-18/h5-7,10,17H,1-4,8-9,11H2. The zero-order valence-corrected chi connectivity index (χ0v) is 11.3. The summed E-state index contributed by atoms with van der Waals surface area (Å²) in [6.07, 6.45) is 7.53. The van der Waals surface area contributed by atoms with E-state index in [0.29, 0.717) is 0 Å². The van der Waals surface area contributed by atoms with Crippen LogP contribution in [0.4, 0.5) is 0 Å².